The van der Waals surface area contributed by atoms with E-state index in [0.29, 0.717) is 39.4 Å². The van der Waals surface area contributed by atoms with Crippen LogP contribution in [0.5, 0.6) is 0 Å². The van der Waals surface area contributed by atoms with Crippen LogP contribution < -0.4 is 0 Å². The Bertz CT molecular complexity index is 3130. The zero-order chi connectivity index (χ0) is 45.3. The second-order valence-electron chi connectivity index (χ2n) is 13.4. The van der Waals surface area contributed by atoms with Gasteiger partial charge in [0.15, 0.2) is 0 Å². The first-order chi connectivity index (χ1) is 31.3. The summed E-state index contributed by atoms with van der Waals surface area (Å²) in [6, 6.07) is 60.5. The van der Waals surface area contributed by atoms with Crippen LogP contribution in [-0.4, -0.2) is 14.5 Å². The molecule has 0 N–H and O–H groups in total. The van der Waals surface area contributed by atoms with E-state index in [1.54, 1.807) is 18.2 Å². The summed E-state index contributed by atoms with van der Waals surface area (Å²) in [5.41, 5.74) is 11.1. The summed E-state index contributed by atoms with van der Waals surface area (Å²) in [7, 11) is 0. The number of hydrogen-bond donors (Lipinski definition) is 0. The van der Waals surface area contributed by atoms with Crippen LogP contribution in [0.4, 0.5) is 0 Å². The molecule has 0 aliphatic carbocycles. The van der Waals surface area contributed by atoms with Gasteiger partial charge in [-0.3, -0.25) is 4.98 Å². The Morgan fingerprint density at radius 3 is 1.98 bits per heavy atom. The van der Waals surface area contributed by atoms with Crippen molar-refractivity contribution in [3.8, 4) is 50.6 Å². The number of aryl methyl sites for hydroxylation is 2. The van der Waals surface area contributed by atoms with Gasteiger partial charge in [0.25, 0.3) is 0 Å². The number of benzene rings is 7. The predicted molar refractivity (Wildman–Crippen MR) is 233 cm³/mol. The summed E-state index contributed by atoms with van der Waals surface area (Å²) in [5.74, 6) is 0.674. The molecule has 1 radical (unpaired) electrons. The number of hydrogen-bond acceptors (Lipinski definition) is 3. The molecular weight excluding hydrogens is 887 g/mol. The molecule has 0 aliphatic rings. The van der Waals surface area contributed by atoms with E-state index < -0.39 is 20.1 Å². The molecule has 4 nitrogen and oxygen atoms in total. The Balaban J connectivity index is 0.000000238. The minimum absolute atomic E-state index is 0. The third kappa shape index (κ3) is 7.96. The number of para-hydroxylation sites is 3. The number of pyridine rings is 1. The smallest absolute Gasteiger partial charge is 0.0774 e. The van der Waals surface area contributed by atoms with Gasteiger partial charge < -0.3 is 14.0 Å². The molecule has 0 aliphatic heterocycles. The third-order valence-electron chi connectivity index (χ3n) is 9.64. The van der Waals surface area contributed by atoms with Crippen molar-refractivity contribution >= 4 is 22.0 Å². The Morgan fingerprint density at radius 2 is 1.33 bits per heavy atom. The zero-order valence-electron chi connectivity index (χ0n) is 39.0. The monoisotopic (exact) mass is 934 g/mol. The average Bonchev–Trinajstić information content (AvgIpc) is 3.93. The van der Waals surface area contributed by atoms with Gasteiger partial charge in [-0.2, -0.15) is 0 Å². The molecule has 58 heavy (non-hydrogen) atoms. The molecule has 0 atom stereocenters. The molecular formula is C53H39IrN3O-2. The van der Waals surface area contributed by atoms with Crippen molar-refractivity contribution in [3.05, 3.63) is 223 Å². The van der Waals surface area contributed by atoms with Crippen molar-refractivity contribution in [1.82, 2.24) is 14.5 Å². The summed E-state index contributed by atoms with van der Waals surface area (Å²) >= 11 is 0. The minimum atomic E-state index is -2.18. The molecule has 5 heteroatoms. The quantitative estimate of drug-likeness (QED) is 0.150. The SMILES string of the molecule is [2H]C([2H])([2H])c1c[c-]c(-c2ccc(C([2H])([2H])[2H])cn2)cc1.[2H]C([2H])(c1ccccc1)c1ccc2o[c-]c(-c3nc4ccccc4n3-c3c(-c4ccccc4)cccc3-c3ccccc3)c2c1.[Ir]. The standard InChI is InChI=1S/C40H27N2O.C13H12N.Ir/c1-4-13-28(14-5-1)25-29-23-24-38-34(26-29)35(27-43-38)40-41-36-21-10-11-22-37(36)42(40)39-32(30-15-6-2-7-16-30)19-12-20-33(39)31-17-8-3-9-18-31;1-10-3-6-12(7-4-10)13-8-5-11(2)9-14-13;/h1-24,26H,25H2;3-6,8-9H,1-2H3;/q2*-1;/i25D2;1D3,2D3;. The Morgan fingerprint density at radius 1 is 0.655 bits per heavy atom. The predicted octanol–water partition coefficient (Wildman–Crippen LogP) is 13.3. The molecule has 0 spiro atoms. The normalized spacial score (nSPS) is 13.6. The maximum absolute atomic E-state index is 9.03. The van der Waals surface area contributed by atoms with E-state index in [0.717, 1.165) is 44.4 Å². The van der Waals surface area contributed by atoms with Crippen LogP contribution in [0.2, 0.25) is 0 Å². The minimum Gasteiger partial charge on any atom is -0.557 e. The van der Waals surface area contributed by atoms with E-state index in [4.69, 9.17) is 20.4 Å². The van der Waals surface area contributed by atoms with Gasteiger partial charge >= 0.3 is 0 Å². The average molecular weight is 934 g/mol. The summed E-state index contributed by atoms with van der Waals surface area (Å²) in [6.45, 7) is -4.34. The summed E-state index contributed by atoms with van der Waals surface area (Å²) in [4.78, 5) is 9.25. The van der Waals surface area contributed by atoms with Crippen LogP contribution in [-0.2, 0) is 26.5 Å². The number of nitrogens with zero attached hydrogens (tertiary/aromatic N) is 3. The maximum Gasteiger partial charge on any atom is 0.0774 e. The molecule has 10 rings (SSSR count). The number of imidazole rings is 1. The molecule has 0 unspecified atom stereocenters. The first-order valence-corrected chi connectivity index (χ1v) is 18.5. The number of aromatic nitrogens is 3. The van der Waals surface area contributed by atoms with E-state index in [1.807, 2.05) is 72.8 Å². The van der Waals surface area contributed by atoms with Gasteiger partial charge in [-0.05, 0) is 53.3 Å². The number of rotatable bonds is 7. The molecule has 3 heterocycles. The van der Waals surface area contributed by atoms with Crippen molar-refractivity contribution in [2.45, 2.75) is 20.1 Å². The molecule has 7 aromatic carbocycles. The summed E-state index contributed by atoms with van der Waals surface area (Å²) in [6.07, 6.45) is 2.75. The van der Waals surface area contributed by atoms with E-state index >= 15 is 0 Å². The van der Waals surface area contributed by atoms with Gasteiger partial charge in [-0.1, -0.05) is 175 Å². The van der Waals surface area contributed by atoms with Gasteiger partial charge in [0, 0.05) is 60.2 Å². The summed E-state index contributed by atoms with van der Waals surface area (Å²) < 4.78 is 69.9. The zero-order valence-corrected chi connectivity index (χ0v) is 33.4. The Hall–Kier alpha value is -6.65. The molecule has 0 saturated carbocycles. The van der Waals surface area contributed by atoms with Crippen molar-refractivity contribution in [3.63, 3.8) is 0 Å². The van der Waals surface area contributed by atoms with Crippen molar-refractivity contribution < 1.29 is 35.5 Å². The fraction of sp³-hybridized carbons (Fsp3) is 0.0566. The van der Waals surface area contributed by atoms with Crippen LogP contribution in [0, 0.1) is 26.0 Å². The van der Waals surface area contributed by atoms with Gasteiger partial charge in [0.1, 0.15) is 0 Å². The molecule has 0 saturated heterocycles. The second kappa shape index (κ2) is 17.2. The van der Waals surface area contributed by atoms with Crippen LogP contribution in [0.1, 0.15) is 33.2 Å². The van der Waals surface area contributed by atoms with Gasteiger partial charge in [0.05, 0.1) is 22.5 Å². The van der Waals surface area contributed by atoms with Crippen molar-refractivity contribution in [2.75, 3.05) is 0 Å². The van der Waals surface area contributed by atoms with E-state index in [1.165, 1.54) is 24.4 Å². The molecule has 0 fully saturated rings. The van der Waals surface area contributed by atoms with Crippen LogP contribution in [0.15, 0.2) is 193 Å². The van der Waals surface area contributed by atoms with Crippen molar-refractivity contribution in [1.29, 1.82) is 0 Å². The van der Waals surface area contributed by atoms with Crippen molar-refractivity contribution in [2.24, 2.45) is 0 Å². The van der Waals surface area contributed by atoms with Gasteiger partial charge in [-0.15, -0.1) is 35.4 Å². The third-order valence-corrected chi connectivity index (χ3v) is 9.64. The summed E-state index contributed by atoms with van der Waals surface area (Å²) in [5, 5.41) is 0.752. The molecule has 283 valence electrons. The topological polar surface area (TPSA) is 43.9 Å². The molecule has 0 bridgehead atoms. The molecule has 3 aromatic heterocycles. The van der Waals surface area contributed by atoms with E-state index in [2.05, 4.69) is 94.7 Å². The number of furan rings is 1. The molecule has 10 aromatic rings. The Labute approximate surface area is 364 Å². The van der Waals surface area contributed by atoms with Crippen LogP contribution >= 0.6 is 0 Å². The fourth-order valence-electron chi connectivity index (χ4n) is 6.95. The maximum atomic E-state index is 9.03. The van der Waals surface area contributed by atoms with Crippen LogP contribution in [0.3, 0.4) is 0 Å². The second-order valence-corrected chi connectivity index (χ2v) is 13.4. The Kier molecular flexibility index (Phi) is 8.79. The van der Waals surface area contributed by atoms with Crippen LogP contribution in [0.25, 0.3) is 72.6 Å². The first-order valence-electron chi connectivity index (χ1n) is 22.5. The van der Waals surface area contributed by atoms with E-state index in [-0.39, 0.29) is 31.2 Å². The first kappa shape index (κ1) is 29.6. The molecule has 0 amide bonds. The van der Waals surface area contributed by atoms with E-state index in [9.17, 15) is 0 Å². The number of fused-ring (bicyclic) bond motifs is 2. The largest absolute Gasteiger partial charge is 0.557 e. The fourth-order valence-corrected chi connectivity index (χ4v) is 6.95. The van der Waals surface area contributed by atoms with Gasteiger partial charge in [-0.25, -0.2) is 0 Å². The van der Waals surface area contributed by atoms with Gasteiger partial charge in [0.2, 0.25) is 0 Å².